The van der Waals surface area contributed by atoms with Gasteiger partial charge in [0.25, 0.3) is 11.8 Å². The van der Waals surface area contributed by atoms with Crippen molar-refractivity contribution < 1.29 is 18.8 Å². The normalized spacial score (nSPS) is 19.8. The molecule has 168 valence electrons. The summed E-state index contributed by atoms with van der Waals surface area (Å²) in [5.41, 5.74) is 5.11. The Morgan fingerprint density at radius 3 is 2.38 bits per heavy atom. The molecule has 0 aromatic heterocycles. The van der Waals surface area contributed by atoms with E-state index < -0.39 is 35.1 Å². The summed E-state index contributed by atoms with van der Waals surface area (Å²) >= 11 is 5.94. The zero-order valence-electron chi connectivity index (χ0n) is 17.7. The van der Waals surface area contributed by atoms with Gasteiger partial charge in [0.15, 0.2) is 11.6 Å². The second-order valence-corrected chi connectivity index (χ2v) is 8.05. The van der Waals surface area contributed by atoms with Crippen molar-refractivity contribution in [2.24, 2.45) is 16.6 Å². The number of carbonyl (C=O) groups excluding carboxylic acids is 3. The van der Waals surface area contributed by atoms with Gasteiger partial charge in [0.05, 0.1) is 10.6 Å². The molecular weight excluding hydrogens is 437 g/mol. The van der Waals surface area contributed by atoms with E-state index in [9.17, 15) is 18.8 Å². The molecule has 10 heteroatoms. The van der Waals surface area contributed by atoms with Crippen LogP contribution in [0.15, 0.2) is 47.5 Å². The zero-order valence-corrected chi connectivity index (χ0v) is 18.5. The molecule has 1 aliphatic heterocycles. The molecule has 0 aliphatic carbocycles. The van der Waals surface area contributed by atoms with Crippen LogP contribution in [0, 0.1) is 11.7 Å². The van der Waals surface area contributed by atoms with Gasteiger partial charge < -0.3 is 21.7 Å². The van der Waals surface area contributed by atoms with Crippen molar-refractivity contribution in [1.82, 2.24) is 10.6 Å². The summed E-state index contributed by atoms with van der Waals surface area (Å²) in [7, 11) is 1.45. The number of carbonyl (C=O) groups is 3. The summed E-state index contributed by atoms with van der Waals surface area (Å²) in [5, 5.41) is 8.22. The highest BCUT2D eigenvalue weighted by Crippen LogP contribution is 2.34. The van der Waals surface area contributed by atoms with E-state index in [0.717, 1.165) is 12.1 Å². The van der Waals surface area contributed by atoms with Gasteiger partial charge in [-0.25, -0.2) is 4.39 Å². The lowest BCUT2D eigenvalue weighted by atomic mass is 9.82. The number of nitrogens with one attached hydrogen (secondary N) is 3. The van der Waals surface area contributed by atoms with E-state index in [0.29, 0.717) is 17.1 Å². The fourth-order valence-electron chi connectivity index (χ4n) is 3.48. The number of nitrogens with zero attached hydrogens (tertiary/aromatic N) is 1. The highest BCUT2D eigenvalue weighted by molar-refractivity contribution is 6.34. The van der Waals surface area contributed by atoms with Gasteiger partial charge in [-0.3, -0.25) is 19.4 Å². The average Bonchev–Trinajstić information content (AvgIpc) is 3.16. The summed E-state index contributed by atoms with van der Waals surface area (Å²) in [6.45, 7) is 3.76. The maximum atomic E-state index is 13.2. The Morgan fingerprint density at radius 1 is 1.19 bits per heavy atom. The van der Waals surface area contributed by atoms with Crippen LogP contribution in [0.3, 0.4) is 0 Å². The van der Waals surface area contributed by atoms with Gasteiger partial charge in [0.2, 0.25) is 5.91 Å². The third-order valence-corrected chi connectivity index (χ3v) is 5.52. The SMILES string of the molecule is CNC(=O)C1N=C(C(C)C)NC1(C(N)=O)c1ccc(NC(=O)c2ccc(F)cc2Cl)cc1. The Kier molecular flexibility index (Phi) is 6.50. The second kappa shape index (κ2) is 8.96. The van der Waals surface area contributed by atoms with Crippen molar-refractivity contribution in [3.05, 3.63) is 64.4 Å². The molecule has 1 heterocycles. The van der Waals surface area contributed by atoms with Crippen molar-refractivity contribution in [2.75, 3.05) is 12.4 Å². The molecular formula is C22H23ClFN5O3. The van der Waals surface area contributed by atoms with Crippen LogP contribution in [0.4, 0.5) is 10.1 Å². The van der Waals surface area contributed by atoms with E-state index in [4.69, 9.17) is 17.3 Å². The predicted molar refractivity (Wildman–Crippen MR) is 120 cm³/mol. The third-order valence-electron chi connectivity index (χ3n) is 5.21. The maximum Gasteiger partial charge on any atom is 0.257 e. The summed E-state index contributed by atoms with van der Waals surface area (Å²) in [6.07, 6.45) is 0. The third kappa shape index (κ3) is 4.16. The quantitative estimate of drug-likeness (QED) is 0.528. The summed E-state index contributed by atoms with van der Waals surface area (Å²) in [5.74, 6) is -1.89. The number of amidine groups is 1. The minimum absolute atomic E-state index is 0.0197. The van der Waals surface area contributed by atoms with Crippen LogP contribution in [-0.4, -0.2) is 36.6 Å². The first-order valence-corrected chi connectivity index (χ1v) is 10.2. The number of nitrogens with two attached hydrogens (primary N) is 1. The van der Waals surface area contributed by atoms with Crippen LogP contribution < -0.4 is 21.7 Å². The van der Waals surface area contributed by atoms with Crippen LogP contribution in [0.25, 0.3) is 0 Å². The van der Waals surface area contributed by atoms with E-state index in [2.05, 4.69) is 20.9 Å². The van der Waals surface area contributed by atoms with Gasteiger partial charge in [-0.15, -0.1) is 0 Å². The molecule has 0 bridgehead atoms. The van der Waals surface area contributed by atoms with Gasteiger partial charge in [-0.05, 0) is 35.9 Å². The zero-order chi connectivity index (χ0) is 23.6. The van der Waals surface area contributed by atoms with Gasteiger partial charge in [0.1, 0.15) is 11.7 Å². The molecule has 8 nitrogen and oxygen atoms in total. The Morgan fingerprint density at radius 2 is 1.84 bits per heavy atom. The first kappa shape index (κ1) is 23.2. The van der Waals surface area contributed by atoms with Crippen LogP contribution in [-0.2, 0) is 15.1 Å². The summed E-state index contributed by atoms with van der Waals surface area (Å²) in [6, 6.07) is 8.65. The molecule has 2 aromatic carbocycles. The second-order valence-electron chi connectivity index (χ2n) is 7.64. The lowest BCUT2D eigenvalue weighted by Gasteiger charge is -2.32. The molecule has 1 aliphatic rings. The molecule has 2 unspecified atom stereocenters. The van der Waals surface area contributed by atoms with Crippen LogP contribution in [0.2, 0.25) is 5.02 Å². The number of benzene rings is 2. The molecule has 0 spiro atoms. The minimum atomic E-state index is -1.58. The monoisotopic (exact) mass is 459 g/mol. The van der Waals surface area contributed by atoms with Crippen molar-refractivity contribution in [3.63, 3.8) is 0 Å². The van der Waals surface area contributed by atoms with Gasteiger partial charge >= 0.3 is 0 Å². The van der Waals surface area contributed by atoms with E-state index in [1.807, 2.05) is 13.8 Å². The van der Waals surface area contributed by atoms with Crippen LogP contribution in [0.5, 0.6) is 0 Å². The molecule has 3 rings (SSSR count). The lowest BCUT2D eigenvalue weighted by Crippen LogP contribution is -2.60. The number of primary amides is 1. The fraction of sp³-hybridized carbons (Fsp3) is 0.273. The Hall–Kier alpha value is -3.46. The van der Waals surface area contributed by atoms with E-state index in [-0.39, 0.29) is 16.5 Å². The largest absolute Gasteiger partial charge is 0.367 e. The van der Waals surface area contributed by atoms with Crippen molar-refractivity contribution in [3.8, 4) is 0 Å². The number of hydrogen-bond acceptors (Lipinski definition) is 5. The first-order valence-electron chi connectivity index (χ1n) is 9.84. The van der Waals surface area contributed by atoms with Crippen LogP contribution >= 0.6 is 11.6 Å². The molecule has 5 N–H and O–H groups in total. The molecule has 0 saturated heterocycles. The summed E-state index contributed by atoms with van der Waals surface area (Å²) in [4.78, 5) is 42.1. The number of likely N-dealkylation sites (N-methyl/N-ethyl adjacent to an activating group) is 1. The van der Waals surface area contributed by atoms with E-state index in [1.165, 1.54) is 13.1 Å². The van der Waals surface area contributed by atoms with E-state index in [1.54, 1.807) is 24.3 Å². The molecule has 2 aromatic rings. The van der Waals surface area contributed by atoms with Crippen molar-refractivity contribution in [1.29, 1.82) is 0 Å². The van der Waals surface area contributed by atoms with Gasteiger partial charge in [-0.1, -0.05) is 37.6 Å². The standard InChI is InChI=1S/C22H23ClFN5O3/c1-11(2)18-28-17(20(31)26-3)22(29-18,21(25)32)12-4-7-14(8-5-12)27-19(30)15-9-6-13(24)10-16(15)23/h4-11,17H,1-3H3,(H2,25,32)(H,26,31)(H,27,30)(H,28,29). The average molecular weight is 460 g/mol. The van der Waals surface area contributed by atoms with Gasteiger partial charge in [0, 0.05) is 18.7 Å². The number of aliphatic imine (C=N–C) groups is 1. The topological polar surface area (TPSA) is 126 Å². The molecule has 0 saturated carbocycles. The first-order chi connectivity index (χ1) is 15.1. The number of amides is 3. The summed E-state index contributed by atoms with van der Waals surface area (Å²) < 4.78 is 13.2. The Labute approximate surface area is 189 Å². The van der Waals surface area contributed by atoms with Crippen LogP contribution in [0.1, 0.15) is 29.8 Å². The number of anilines is 1. The fourth-order valence-corrected chi connectivity index (χ4v) is 3.73. The molecule has 3 amide bonds. The number of hydrogen-bond donors (Lipinski definition) is 4. The van der Waals surface area contributed by atoms with E-state index >= 15 is 0 Å². The lowest BCUT2D eigenvalue weighted by molar-refractivity contribution is -0.131. The van der Waals surface area contributed by atoms with Crippen molar-refractivity contribution in [2.45, 2.75) is 25.4 Å². The number of halogens is 2. The molecule has 0 fully saturated rings. The number of rotatable bonds is 6. The van der Waals surface area contributed by atoms with Gasteiger partial charge in [-0.2, -0.15) is 0 Å². The smallest absolute Gasteiger partial charge is 0.257 e. The predicted octanol–water partition coefficient (Wildman–Crippen LogP) is 2.18. The molecule has 0 radical (unpaired) electrons. The molecule has 32 heavy (non-hydrogen) atoms. The Bertz CT molecular complexity index is 1100. The van der Waals surface area contributed by atoms with Crippen molar-refractivity contribution >= 4 is 40.8 Å². The highest BCUT2D eigenvalue weighted by atomic mass is 35.5. The maximum absolute atomic E-state index is 13.2. The minimum Gasteiger partial charge on any atom is -0.367 e. The highest BCUT2D eigenvalue weighted by Gasteiger charge is 2.54. The Balaban J connectivity index is 1.92. The molecule has 2 atom stereocenters.